The highest BCUT2D eigenvalue weighted by Gasteiger charge is 2.13. The molecule has 0 fully saturated rings. The van der Waals surface area contributed by atoms with E-state index in [9.17, 15) is 9.59 Å². The van der Waals surface area contributed by atoms with E-state index in [0.29, 0.717) is 5.39 Å². The Morgan fingerprint density at radius 1 is 1.29 bits per heavy atom. The molecule has 0 aliphatic carbocycles. The van der Waals surface area contributed by atoms with Crippen LogP contribution in [0.1, 0.15) is 21.5 Å². The maximum atomic E-state index is 12.1. The molecule has 0 unspecified atom stereocenters. The fourth-order valence-electron chi connectivity index (χ4n) is 1.95. The van der Waals surface area contributed by atoms with Crippen molar-refractivity contribution < 1.29 is 9.53 Å². The summed E-state index contributed by atoms with van der Waals surface area (Å²) in [6, 6.07) is 3.75. The Labute approximate surface area is 98.2 Å². The van der Waals surface area contributed by atoms with Crippen molar-refractivity contribution in [3.63, 3.8) is 0 Å². The molecule has 2 rings (SSSR count). The van der Waals surface area contributed by atoms with Gasteiger partial charge in [-0.25, -0.2) is 4.79 Å². The first-order valence-corrected chi connectivity index (χ1v) is 5.25. The number of carbonyl (C=O) groups is 1. The number of hydrogen-bond donors (Lipinski definition) is 1. The molecule has 0 saturated carbocycles. The van der Waals surface area contributed by atoms with Crippen molar-refractivity contribution in [2.75, 3.05) is 7.11 Å². The predicted molar refractivity (Wildman–Crippen MR) is 65.4 cm³/mol. The van der Waals surface area contributed by atoms with E-state index in [1.54, 1.807) is 6.07 Å². The van der Waals surface area contributed by atoms with Gasteiger partial charge in [0.05, 0.1) is 12.6 Å². The molecule has 0 saturated heterocycles. The number of aromatic nitrogens is 1. The van der Waals surface area contributed by atoms with Crippen LogP contribution in [-0.2, 0) is 4.74 Å². The quantitative estimate of drug-likeness (QED) is 0.763. The molecule has 17 heavy (non-hydrogen) atoms. The highest BCUT2D eigenvalue weighted by Crippen LogP contribution is 2.15. The smallest absolute Gasteiger partial charge is 0.343 e. The molecule has 0 amide bonds. The number of H-pyrrole nitrogens is 1. The zero-order chi connectivity index (χ0) is 12.6. The fraction of sp³-hybridized carbons (Fsp3) is 0.231. The molecule has 0 aliphatic heterocycles. The summed E-state index contributed by atoms with van der Waals surface area (Å²) in [6.07, 6.45) is 1.40. The lowest BCUT2D eigenvalue weighted by Crippen LogP contribution is -2.17. The standard InChI is InChI=1S/C13H13NO3/c1-7-4-8(2)11-9(5-7)12(15)10(6-14-11)13(16)17-3/h4-6H,1-3H3,(H,14,15). The molecule has 4 nitrogen and oxygen atoms in total. The van der Waals surface area contributed by atoms with Gasteiger partial charge in [-0.1, -0.05) is 6.07 Å². The van der Waals surface area contributed by atoms with Gasteiger partial charge in [0.2, 0.25) is 5.43 Å². The Morgan fingerprint density at radius 3 is 2.65 bits per heavy atom. The van der Waals surface area contributed by atoms with E-state index in [2.05, 4.69) is 9.72 Å². The van der Waals surface area contributed by atoms with Crippen molar-refractivity contribution in [1.29, 1.82) is 0 Å². The molecular weight excluding hydrogens is 218 g/mol. The van der Waals surface area contributed by atoms with E-state index in [0.717, 1.165) is 16.6 Å². The molecule has 0 bridgehead atoms. The molecule has 4 heteroatoms. The summed E-state index contributed by atoms with van der Waals surface area (Å²) in [4.78, 5) is 26.5. The number of aryl methyl sites for hydroxylation is 2. The minimum Gasteiger partial charge on any atom is -0.465 e. The first-order valence-electron chi connectivity index (χ1n) is 5.25. The Balaban J connectivity index is 2.85. The van der Waals surface area contributed by atoms with Gasteiger partial charge in [-0.15, -0.1) is 0 Å². The summed E-state index contributed by atoms with van der Waals surface area (Å²) < 4.78 is 4.57. The fourth-order valence-corrected chi connectivity index (χ4v) is 1.95. The first kappa shape index (κ1) is 11.4. The number of esters is 1. The average molecular weight is 231 g/mol. The largest absolute Gasteiger partial charge is 0.465 e. The Morgan fingerprint density at radius 2 is 2.00 bits per heavy atom. The lowest BCUT2D eigenvalue weighted by atomic mass is 10.1. The van der Waals surface area contributed by atoms with Crippen LogP contribution in [0.4, 0.5) is 0 Å². The number of hydrogen-bond acceptors (Lipinski definition) is 3. The molecule has 0 radical (unpaired) electrons. The van der Waals surface area contributed by atoms with Crippen molar-refractivity contribution >= 4 is 16.9 Å². The number of benzene rings is 1. The molecular formula is C13H13NO3. The molecule has 2 aromatic rings. The van der Waals surface area contributed by atoms with Gasteiger partial charge < -0.3 is 9.72 Å². The van der Waals surface area contributed by atoms with Crippen LogP contribution in [0.25, 0.3) is 10.9 Å². The Bertz CT molecular complexity index is 655. The van der Waals surface area contributed by atoms with Crippen LogP contribution in [0.5, 0.6) is 0 Å². The van der Waals surface area contributed by atoms with Crippen LogP contribution in [0.15, 0.2) is 23.1 Å². The van der Waals surface area contributed by atoms with Gasteiger partial charge in [-0.05, 0) is 31.0 Å². The lowest BCUT2D eigenvalue weighted by Gasteiger charge is -2.05. The van der Waals surface area contributed by atoms with Gasteiger partial charge in [0.15, 0.2) is 0 Å². The lowest BCUT2D eigenvalue weighted by molar-refractivity contribution is 0.0599. The van der Waals surface area contributed by atoms with Crippen molar-refractivity contribution in [2.24, 2.45) is 0 Å². The van der Waals surface area contributed by atoms with E-state index >= 15 is 0 Å². The van der Waals surface area contributed by atoms with Crippen LogP contribution in [0.2, 0.25) is 0 Å². The van der Waals surface area contributed by atoms with Gasteiger partial charge in [-0.3, -0.25) is 4.79 Å². The number of aromatic amines is 1. The second-order valence-corrected chi connectivity index (χ2v) is 4.03. The number of ether oxygens (including phenoxy) is 1. The third kappa shape index (κ3) is 1.82. The first-order chi connectivity index (χ1) is 8.04. The summed E-state index contributed by atoms with van der Waals surface area (Å²) in [6.45, 7) is 3.83. The molecule has 0 spiro atoms. The van der Waals surface area contributed by atoms with E-state index < -0.39 is 5.97 Å². The Kier molecular flexibility index (Phi) is 2.71. The highest BCUT2D eigenvalue weighted by atomic mass is 16.5. The van der Waals surface area contributed by atoms with Crippen LogP contribution in [-0.4, -0.2) is 18.1 Å². The SMILES string of the molecule is COC(=O)c1c[nH]c2c(C)cc(C)cc2c1=O. The molecule has 1 aromatic carbocycles. The zero-order valence-corrected chi connectivity index (χ0v) is 9.96. The van der Waals surface area contributed by atoms with Crippen molar-refractivity contribution in [3.8, 4) is 0 Å². The van der Waals surface area contributed by atoms with E-state index in [-0.39, 0.29) is 11.0 Å². The van der Waals surface area contributed by atoms with Crippen LogP contribution in [0, 0.1) is 13.8 Å². The van der Waals surface area contributed by atoms with Crippen molar-refractivity contribution in [2.45, 2.75) is 13.8 Å². The van der Waals surface area contributed by atoms with Crippen molar-refractivity contribution in [1.82, 2.24) is 4.98 Å². The summed E-state index contributed by atoms with van der Waals surface area (Å²) in [5.74, 6) is -0.618. The molecule has 1 heterocycles. The van der Waals surface area contributed by atoms with E-state index in [4.69, 9.17) is 0 Å². The van der Waals surface area contributed by atoms with Crippen LogP contribution < -0.4 is 5.43 Å². The summed E-state index contributed by atoms with van der Waals surface area (Å²) in [5.41, 5.74) is 2.46. The number of fused-ring (bicyclic) bond motifs is 1. The molecule has 0 atom stereocenters. The van der Waals surface area contributed by atoms with Gasteiger partial charge in [0, 0.05) is 11.6 Å². The predicted octanol–water partition coefficient (Wildman–Crippen LogP) is 1.93. The molecule has 88 valence electrons. The third-order valence-corrected chi connectivity index (χ3v) is 2.74. The summed E-state index contributed by atoms with van der Waals surface area (Å²) >= 11 is 0. The van der Waals surface area contributed by atoms with Gasteiger partial charge in [0.1, 0.15) is 5.56 Å². The molecule has 1 aromatic heterocycles. The van der Waals surface area contributed by atoms with Crippen LogP contribution >= 0.6 is 0 Å². The highest BCUT2D eigenvalue weighted by molar-refractivity contribution is 5.94. The number of methoxy groups -OCH3 is 1. The minimum atomic E-state index is -0.618. The zero-order valence-electron chi connectivity index (χ0n) is 9.96. The maximum Gasteiger partial charge on any atom is 0.343 e. The number of pyridine rings is 1. The van der Waals surface area contributed by atoms with Gasteiger partial charge in [0.25, 0.3) is 0 Å². The van der Waals surface area contributed by atoms with E-state index in [1.165, 1.54) is 13.3 Å². The van der Waals surface area contributed by atoms with Gasteiger partial charge in [-0.2, -0.15) is 0 Å². The molecule has 0 aliphatic rings. The van der Waals surface area contributed by atoms with Crippen molar-refractivity contribution in [3.05, 3.63) is 45.2 Å². The number of nitrogens with one attached hydrogen (secondary N) is 1. The minimum absolute atomic E-state index is 0.0324. The second kappa shape index (κ2) is 4.05. The normalized spacial score (nSPS) is 10.5. The summed E-state index contributed by atoms with van der Waals surface area (Å²) in [5, 5.41) is 0.519. The topological polar surface area (TPSA) is 59.2 Å². The van der Waals surface area contributed by atoms with Gasteiger partial charge >= 0.3 is 5.97 Å². The van der Waals surface area contributed by atoms with Crippen LogP contribution in [0.3, 0.4) is 0 Å². The maximum absolute atomic E-state index is 12.1. The third-order valence-electron chi connectivity index (χ3n) is 2.74. The monoisotopic (exact) mass is 231 g/mol. The second-order valence-electron chi connectivity index (χ2n) is 4.03. The van der Waals surface area contributed by atoms with E-state index in [1.807, 2.05) is 19.9 Å². The number of carbonyl (C=O) groups excluding carboxylic acids is 1. The Hall–Kier alpha value is -2.10. The molecule has 1 N–H and O–H groups in total. The summed E-state index contributed by atoms with van der Waals surface area (Å²) in [7, 11) is 1.26. The average Bonchev–Trinajstić information content (AvgIpc) is 2.29. The number of rotatable bonds is 1.